The lowest BCUT2D eigenvalue weighted by Gasteiger charge is -2.33. The molecule has 1 aliphatic heterocycles. The topological polar surface area (TPSA) is 82.5 Å². The van der Waals surface area contributed by atoms with Crippen LogP contribution < -0.4 is 14.9 Å². The van der Waals surface area contributed by atoms with Gasteiger partial charge >= 0.3 is 6.18 Å². The van der Waals surface area contributed by atoms with Crippen LogP contribution in [0.25, 0.3) is 0 Å². The number of piperidine rings is 1. The Kier molecular flexibility index (Phi) is 13.2. The highest BCUT2D eigenvalue weighted by molar-refractivity contribution is 7.97. The molecule has 1 atom stereocenters. The first kappa shape index (κ1) is 30.0. The summed E-state index contributed by atoms with van der Waals surface area (Å²) in [7, 11) is 4.41. The van der Waals surface area contributed by atoms with Crippen molar-refractivity contribution in [2.45, 2.75) is 51.3 Å². The van der Waals surface area contributed by atoms with Gasteiger partial charge in [0.15, 0.2) is 0 Å². The van der Waals surface area contributed by atoms with Crippen molar-refractivity contribution < 1.29 is 23.0 Å². The van der Waals surface area contributed by atoms with Gasteiger partial charge in [0.2, 0.25) is 5.95 Å². The van der Waals surface area contributed by atoms with Gasteiger partial charge in [0, 0.05) is 49.7 Å². The molecule has 1 aliphatic rings. The fourth-order valence-corrected chi connectivity index (χ4v) is 4.10. The second kappa shape index (κ2) is 15.0. The van der Waals surface area contributed by atoms with E-state index >= 15 is 0 Å². The van der Waals surface area contributed by atoms with Gasteiger partial charge in [-0.1, -0.05) is 20.8 Å². The van der Waals surface area contributed by atoms with Crippen LogP contribution in [0, 0.1) is 5.92 Å². The lowest BCUT2D eigenvalue weighted by Crippen LogP contribution is -2.36. The Balaban J connectivity index is 0.00000137. The second-order valence-electron chi connectivity index (χ2n) is 7.31. The molecular formula is C23H36F3N5O2S. The summed E-state index contributed by atoms with van der Waals surface area (Å²) in [4.78, 5) is 10.9. The van der Waals surface area contributed by atoms with Gasteiger partial charge in [-0.25, -0.2) is 4.98 Å². The van der Waals surface area contributed by atoms with Crippen molar-refractivity contribution in [1.29, 1.82) is 0 Å². The number of anilines is 3. The van der Waals surface area contributed by atoms with Crippen molar-refractivity contribution in [3.63, 3.8) is 0 Å². The molecule has 2 heterocycles. The summed E-state index contributed by atoms with van der Waals surface area (Å²) in [5.41, 5.74) is 0.740. The van der Waals surface area contributed by atoms with Crippen LogP contribution in [-0.2, 0) is 17.5 Å². The molecule has 0 spiro atoms. The Morgan fingerprint density at radius 3 is 2.56 bits per heavy atom. The Hall–Kier alpha value is -2.08. The molecule has 0 saturated carbocycles. The zero-order valence-electron chi connectivity index (χ0n) is 20.7. The van der Waals surface area contributed by atoms with E-state index < -0.39 is 11.7 Å². The van der Waals surface area contributed by atoms with Gasteiger partial charge < -0.3 is 20.1 Å². The maximum atomic E-state index is 13.6. The van der Waals surface area contributed by atoms with Gasteiger partial charge in [-0.15, -0.1) is 0 Å². The highest BCUT2D eigenvalue weighted by atomic mass is 32.2. The molecule has 3 rings (SSSR count). The zero-order chi connectivity index (χ0) is 25.7. The summed E-state index contributed by atoms with van der Waals surface area (Å²) < 4.78 is 49.0. The van der Waals surface area contributed by atoms with Gasteiger partial charge in [-0.2, -0.15) is 18.2 Å². The number of methoxy groups -OCH3 is 1. The molecule has 1 saturated heterocycles. The standard InChI is InChI=1S/C20H26F3N5OS.C2H6.CH4O/c1-13-5-4-8-28(11-13)18-16(20(21,22)23)10-25-19(27-18)26-17-7-6-15(30-24-2)9-14(17)12-29-3;2*1-2/h6-7,9-10,13,24H,4-5,8,11-12H2,1-3H3,(H,25,26,27);1-2H3;2H,1H3. The fraction of sp³-hybridized carbons (Fsp3) is 0.565. The first-order valence-electron chi connectivity index (χ1n) is 11.2. The molecule has 3 N–H and O–H groups in total. The third kappa shape index (κ3) is 8.61. The summed E-state index contributed by atoms with van der Waals surface area (Å²) in [5.74, 6) is 0.376. The monoisotopic (exact) mass is 503 g/mol. The smallest absolute Gasteiger partial charge is 0.400 e. The normalized spacial score (nSPS) is 15.6. The summed E-state index contributed by atoms with van der Waals surface area (Å²) in [6.45, 7) is 7.48. The number of benzene rings is 1. The number of aromatic nitrogens is 2. The summed E-state index contributed by atoms with van der Waals surface area (Å²) >= 11 is 1.46. The van der Waals surface area contributed by atoms with Crippen molar-refractivity contribution in [1.82, 2.24) is 14.7 Å². The average molecular weight is 504 g/mol. The predicted octanol–water partition coefficient (Wildman–Crippen LogP) is 5.48. The molecule has 0 bridgehead atoms. The molecule has 34 heavy (non-hydrogen) atoms. The number of aliphatic hydroxyl groups is 1. The molecule has 0 radical (unpaired) electrons. The number of alkyl halides is 3. The highest BCUT2D eigenvalue weighted by Gasteiger charge is 2.37. The Morgan fingerprint density at radius 2 is 1.97 bits per heavy atom. The Labute approximate surface area is 204 Å². The number of nitrogens with one attached hydrogen (secondary N) is 2. The van der Waals surface area contributed by atoms with Gasteiger partial charge in [0.1, 0.15) is 11.4 Å². The van der Waals surface area contributed by atoms with E-state index in [-0.39, 0.29) is 11.8 Å². The average Bonchev–Trinajstić information content (AvgIpc) is 2.83. The van der Waals surface area contributed by atoms with Crippen LogP contribution in [0.4, 0.5) is 30.6 Å². The van der Waals surface area contributed by atoms with E-state index in [9.17, 15) is 13.2 Å². The van der Waals surface area contributed by atoms with Crippen molar-refractivity contribution >= 4 is 29.4 Å². The van der Waals surface area contributed by atoms with E-state index in [1.54, 1.807) is 12.0 Å². The van der Waals surface area contributed by atoms with Crippen LogP contribution in [0.5, 0.6) is 0 Å². The maximum Gasteiger partial charge on any atom is 0.421 e. The second-order valence-corrected chi connectivity index (χ2v) is 8.39. The molecule has 2 aromatic rings. The van der Waals surface area contributed by atoms with Gasteiger partial charge in [-0.3, -0.25) is 4.72 Å². The van der Waals surface area contributed by atoms with Crippen molar-refractivity contribution in [3.8, 4) is 0 Å². The van der Waals surface area contributed by atoms with Crippen LogP contribution in [0.15, 0.2) is 29.3 Å². The molecule has 192 valence electrons. The number of hydrogen-bond donors (Lipinski definition) is 3. The van der Waals surface area contributed by atoms with E-state index in [0.29, 0.717) is 31.3 Å². The quantitative estimate of drug-likeness (QED) is 0.429. The van der Waals surface area contributed by atoms with E-state index in [1.807, 2.05) is 46.0 Å². The molecule has 1 aromatic carbocycles. The largest absolute Gasteiger partial charge is 0.421 e. The first-order valence-corrected chi connectivity index (χ1v) is 12.0. The van der Waals surface area contributed by atoms with Gasteiger partial charge in [-0.05, 0) is 56.0 Å². The minimum Gasteiger partial charge on any atom is -0.400 e. The Bertz CT molecular complexity index is 871. The SMILES string of the molecule is CC.CNSc1ccc(Nc2ncc(C(F)(F)F)c(N3CCCC(C)C3)n2)c(COC)c1.CO. The first-order chi connectivity index (χ1) is 16.3. The number of nitrogens with zero attached hydrogens (tertiary/aromatic N) is 3. The molecule has 1 unspecified atom stereocenters. The van der Waals surface area contributed by atoms with Crippen LogP contribution in [0.3, 0.4) is 0 Å². The predicted molar refractivity (Wildman–Crippen MR) is 132 cm³/mol. The fourth-order valence-electron chi connectivity index (χ4n) is 3.52. The number of aliphatic hydroxyl groups excluding tert-OH is 1. The van der Waals surface area contributed by atoms with Crippen molar-refractivity contribution in [3.05, 3.63) is 35.5 Å². The lowest BCUT2D eigenvalue weighted by atomic mass is 10.00. The Morgan fingerprint density at radius 1 is 1.26 bits per heavy atom. The number of hydrogen-bond acceptors (Lipinski definition) is 8. The number of ether oxygens (including phenoxy) is 1. The molecule has 7 nitrogen and oxygen atoms in total. The molecule has 11 heteroatoms. The van der Waals surface area contributed by atoms with Crippen LogP contribution >= 0.6 is 11.9 Å². The molecule has 1 fully saturated rings. The molecule has 0 amide bonds. The van der Waals surface area contributed by atoms with Gasteiger partial charge in [0.25, 0.3) is 0 Å². The minimum atomic E-state index is -4.51. The number of halogens is 3. The minimum absolute atomic E-state index is 0.0674. The number of rotatable bonds is 7. The van der Waals surface area contributed by atoms with Crippen molar-refractivity contribution in [2.24, 2.45) is 5.92 Å². The summed E-state index contributed by atoms with van der Waals surface area (Å²) in [5, 5.41) is 10.1. The third-order valence-corrected chi connectivity index (χ3v) is 5.57. The zero-order valence-corrected chi connectivity index (χ0v) is 21.5. The lowest BCUT2D eigenvalue weighted by molar-refractivity contribution is -0.137. The van der Waals surface area contributed by atoms with E-state index in [2.05, 4.69) is 20.0 Å². The highest BCUT2D eigenvalue weighted by Crippen LogP contribution is 2.37. The van der Waals surface area contributed by atoms with E-state index in [1.165, 1.54) is 11.9 Å². The maximum absolute atomic E-state index is 13.6. The molecule has 1 aromatic heterocycles. The summed E-state index contributed by atoms with van der Waals surface area (Å²) in [6, 6.07) is 5.70. The van der Waals surface area contributed by atoms with Gasteiger partial charge in [0.05, 0.1) is 6.61 Å². The van der Waals surface area contributed by atoms with E-state index in [4.69, 9.17) is 9.84 Å². The summed E-state index contributed by atoms with van der Waals surface area (Å²) in [6.07, 6.45) is -1.80. The third-order valence-electron chi connectivity index (χ3n) is 4.87. The molecule has 0 aliphatic carbocycles. The van der Waals surface area contributed by atoms with Crippen LogP contribution in [0.1, 0.15) is 44.7 Å². The molecular weight excluding hydrogens is 467 g/mol. The van der Waals surface area contributed by atoms with E-state index in [0.717, 1.165) is 36.6 Å². The van der Waals surface area contributed by atoms with Crippen LogP contribution in [-0.4, -0.2) is 49.4 Å². The van der Waals surface area contributed by atoms with Crippen molar-refractivity contribution in [2.75, 3.05) is 44.6 Å². The van der Waals surface area contributed by atoms with Crippen LogP contribution in [0.2, 0.25) is 0 Å².